The van der Waals surface area contributed by atoms with E-state index in [1.807, 2.05) is 32.8 Å². The number of hydrogen-bond donors (Lipinski definition) is 0. The lowest BCUT2D eigenvalue weighted by Gasteiger charge is -2.13. The molecule has 1 heterocycles. The first-order valence-corrected chi connectivity index (χ1v) is 4.28. The average Bonchev–Trinajstić information content (AvgIpc) is 2.03. The third-order valence-corrected chi connectivity index (χ3v) is 1.82. The van der Waals surface area contributed by atoms with E-state index in [2.05, 4.69) is 5.10 Å². The van der Waals surface area contributed by atoms with Crippen LogP contribution in [0.1, 0.15) is 19.9 Å². The SMILES string of the molecule is CC(C)n1ncc(N(C)C)cc1=O. The second kappa shape index (κ2) is 3.60. The maximum absolute atomic E-state index is 11.5. The van der Waals surface area contributed by atoms with E-state index in [9.17, 15) is 4.79 Å². The van der Waals surface area contributed by atoms with Crippen molar-refractivity contribution in [2.45, 2.75) is 19.9 Å². The van der Waals surface area contributed by atoms with Gasteiger partial charge in [-0.15, -0.1) is 0 Å². The van der Waals surface area contributed by atoms with E-state index in [-0.39, 0.29) is 11.6 Å². The van der Waals surface area contributed by atoms with Crippen LogP contribution < -0.4 is 10.5 Å². The van der Waals surface area contributed by atoms with Gasteiger partial charge in [0.1, 0.15) is 0 Å². The lowest BCUT2D eigenvalue weighted by Crippen LogP contribution is -2.25. The van der Waals surface area contributed by atoms with Crippen molar-refractivity contribution in [3.05, 3.63) is 22.6 Å². The molecule has 4 heteroatoms. The first kappa shape index (κ1) is 9.77. The summed E-state index contributed by atoms with van der Waals surface area (Å²) in [5.74, 6) is 0. The quantitative estimate of drug-likeness (QED) is 0.680. The highest BCUT2D eigenvalue weighted by molar-refractivity contribution is 5.40. The van der Waals surface area contributed by atoms with E-state index in [0.717, 1.165) is 5.69 Å². The molecule has 0 spiro atoms. The van der Waals surface area contributed by atoms with Gasteiger partial charge in [0.15, 0.2) is 0 Å². The fourth-order valence-electron chi connectivity index (χ4n) is 1.04. The van der Waals surface area contributed by atoms with Crippen LogP contribution in [0.5, 0.6) is 0 Å². The van der Waals surface area contributed by atoms with Crippen LogP contribution in [-0.4, -0.2) is 23.9 Å². The van der Waals surface area contributed by atoms with Gasteiger partial charge in [0.05, 0.1) is 17.9 Å². The van der Waals surface area contributed by atoms with Crippen LogP contribution in [0.2, 0.25) is 0 Å². The standard InChI is InChI=1S/C9H15N3O/c1-7(2)12-9(13)5-8(6-10-12)11(3)4/h5-7H,1-4H3. The Morgan fingerprint density at radius 3 is 2.46 bits per heavy atom. The molecule has 0 N–H and O–H groups in total. The lowest BCUT2D eigenvalue weighted by molar-refractivity contribution is 0.502. The molecule has 0 saturated heterocycles. The molecule has 0 bridgehead atoms. The average molecular weight is 181 g/mol. The van der Waals surface area contributed by atoms with Crippen molar-refractivity contribution in [3.8, 4) is 0 Å². The number of anilines is 1. The molecule has 1 aromatic rings. The molecule has 1 rings (SSSR count). The molecule has 0 aliphatic carbocycles. The van der Waals surface area contributed by atoms with Gasteiger partial charge >= 0.3 is 0 Å². The van der Waals surface area contributed by atoms with Gasteiger partial charge in [-0.25, -0.2) is 4.68 Å². The Balaban J connectivity index is 3.14. The van der Waals surface area contributed by atoms with Crippen LogP contribution in [0.3, 0.4) is 0 Å². The summed E-state index contributed by atoms with van der Waals surface area (Å²) < 4.78 is 1.47. The van der Waals surface area contributed by atoms with Crippen LogP contribution in [0, 0.1) is 0 Å². The molecule has 0 saturated carbocycles. The van der Waals surface area contributed by atoms with E-state index in [0.29, 0.717) is 0 Å². The highest BCUT2D eigenvalue weighted by Crippen LogP contribution is 2.05. The van der Waals surface area contributed by atoms with Gasteiger partial charge in [0.25, 0.3) is 5.56 Å². The molecular formula is C9H15N3O. The molecule has 0 atom stereocenters. The Labute approximate surface area is 77.8 Å². The van der Waals surface area contributed by atoms with E-state index >= 15 is 0 Å². The largest absolute Gasteiger partial charge is 0.376 e. The van der Waals surface area contributed by atoms with Crippen molar-refractivity contribution < 1.29 is 0 Å². The maximum atomic E-state index is 11.5. The molecule has 0 fully saturated rings. The van der Waals surface area contributed by atoms with Crippen molar-refractivity contribution in [2.24, 2.45) is 0 Å². The number of aromatic nitrogens is 2. The fourth-order valence-corrected chi connectivity index (χ4v) is 1.04. The fraction of sp³-hybridized carbons (Fsp3) is 0.556. The molecule has 0 aromatic carbocycles. The Hall–Kier alpha value is -1.32. The van der Waals surface area contributed by atoms with Gasteiger partial charge in [-0.1, -0.05) is 0 Å². The first-order chi connectivity index (χ1) is 6.02. The molecule has 4 nitrogen and oxygen atoms in total. The number of nitrogens with zero attached hydrogens (tertiary/aromatic N) is 3. The van der Waals surface area contributed by atoms with Crippen molar-refractivity contribution in [3.63, 3.8) is 0 Å². The van der Waals surface area contributed by atoms with Crippen LogP contribution in [0.15, 0.2) is 17.1 Å². The second-order valence-corrected chi connectivity index (χ2v) is 3.48. The molecule has 0 aliphatic rings. The second-order valence-electron chi connectivity index (χ2n) is 3.48. The molecule has 0 radical (unpaired) electrons. The molecular weight excluding hydrogens is 166 g/mol. The molecule has 72 valence electrons. The Morgan fingerprint density at radius 1 is 1.46 bits per heavy atom. The van der Waals surface area contributed by atoms with Crippen molar-refractivity contribution in [1.82, 2.24) is 9.78 Å². The number of hydrogen-bond acceptors (Lipinski definition) is 3. The monoisotopic (exact) mass is 181 g/mol. The summed E-state index contributed by atoms with van der Waals surface area (Å²) in [7, 11) is 3.77. The van der Waals surface area contributed by atoms with Gasteiger partial charge < -0.3 is 4.90 Å². The summed E-state index contributed by atoms with van der Waals surface area (Å²) in [5, 5.41) is 4.06. The highest BCUT2D eigenvalue weighted by Gasteiger charge is 2.03. The van der Waals surface area contributed by atoms with E-state index < -0.39 is 0 Å². The summed E-state index contributed by atoms with van der Waals surface area (Å²) in [5.41, 5.74) is 0.781. The Morgan fingerprint density at radius 2 is 2.08 bits per heavy atom. The summed E-state index contributed by atoms with van der Waals surface area (Å²) in [6, 6.07) is 1.70. The van der Waals surface area contributed by atoms with Crippen LogP contribution in [0.25, 0.3) is 0 Å². The van der Waals surface area contributed by atoms with E-state index in [4.69, 9.17) is 0 Å². The van der Waals surface area contributed by atoms with E-state index in [1.165, 1.54) is 4.68 Å². The smallest absolute Gasteiger partial charge is 0.269 e. The minimum Gasteiger partial charge on any atom is -0.376 e. The van der Waals surface area contributed by atoms with Crippen molar-refractivity contribution in [2.75, 3.05) is 19.0 Å². The lowest BCUT2D eigenvalue weighted by atomic mass is 10.4. The summed E-state index contributed by atoms with van der Waals surface area (Å²) in [4.78, 5) is 13.3. The van der Waals surface area contributed by atoms with Gasteiger partial charge in [-0.2, -0.15) is 5.10 Å². The Kier molecular flexibility index (Phi) is 2.70. The summed E-state index contributed by atoms with van der Waals surface area (Å²) >= 11 is 0. The topological polar surface area (TPSA) is 38.1 Å². The predicted octanol–water partition coefficient (Wildman–Crippen LogP) is 0.890. The zero-order chi connectivity index (χ0) is 10.0. The minimum atomic E-state index is -0.0544. The van der Waals surface area contributed by atoms with Gasteiger partial charge in [0, 0.05) is 20.2 Å². The van der Waals surface area contributed by atoms with Crippen LogP contribution in [0.4, 0.5) is 5.69 Å². The molecule has 1 aromatic heterocycles. The van der Waals surface area contributed by atoms with Crippen molar-refractivity contribution >= 4 is 5.69 Å². The third kappa shape index (κ3) is 2.08. The molecule has 0 aliphatic heterocycles. The summed E-state index contributed by atoms with van der Waals surface area (Å²) in [6.07, 6.45) is 1.70. The zero-order valence-electron chi connectivity index (χ0n) is 8.48. The normalized spacial score (nSPS) is 10.5. The number of rotatable bonds is 2. The van der Waals surface area contributed by atoms with Crippen molar-refractivity contribution in [1.29, 1.82) is 0 Å². The predicted molar refractivity (Wildman–Crippen MR) is 53.2 cm³/mol. The van der Waals surface area contributed by atoms with Gasteiger partial charge in [0.2, 0.25) is 0 Å². The van der Waals surface area contributed by atoms with Crippen LogP contribution in [-0.2, 0) is 0 Å². The van der Waals surface area contributed by atoms with Gasteiger partial charge in [-0.05, 0) is 13.8 Å². The van der Waals surface area contributed by atoms with E-state index in [1.54, 1.807) is 12.3 Å². The molecule has 0 amide bonds. The van der Waals surface area contributed by atoms with Gasteiger partial charge in [-0.3, -0.25) is 4.79 Å². The summed E-state index contributed by atoms with van der Waals surface area (Å²) in [6.45, 7) is 3.87. The molecule has 0 unspecified atom stereocenters. The Bertz CT molecular complexity index is 341. The highest BCUT2D eigenvalue weighted by atomic mass is 16.1. The third-order valence-electron chi connectivity index (χ3n) is 1.82. The zero-order valence-corrected chi connectivity index (χ0v) is 8.48. The van der Waals surface area contributed by atoms with Crippen LogP contribution >= 0.6 is 0 Å². The first-order valence-electron chi connectivity index (χ1n) is 4.28. The molecule has 13 heavy (non-hydrogen) atoms. The minimum absolute atomic E-state index is 0.0544. The maximum Gasteiger partial charge on any atom is 0.269 e.